The number of hydrogen-bond acceptors (Lipinski definition) is 3. The van der Waals surface area contributed by atoms with Gasteiger partial charge in [0, 0.05) is 38.3 Å². The van der Waals surface area contributed by atoms with Crippen molar-refractivity contribution in [3.8, 4) is 17.1 Å². The van der Waals surface area contributed by atoms with Crippen molar-refractivity contribution in [2.24, 2.45) is 0 Å². The molecule has 0 aliphatic carbocycles. The van der Waals surface area contributed by atoms with Crippen LogP contribution in [0.4, 0.5) is 0 Å². The average molecular weight is 302 g/mol. The summed E-state index contributed by atoms with van der Waals surface area (Å²) >= 11 is 0. The molecule has 0 aliphatic heterocycles. The molecule has 2 aromatic rings. The molecule has 1 aromatic heterocycles. The van der Waals surface area contributed by atoms with Gasteiger partial charge in [-0.1, -0.05) is 5.69 Å². The van der Waals surface area contributed by atoms with E-state index in [2.05, 4.69) is 16.9 Å². The molecule has 1 aromatic carbocycles. The van der Waals surface area contributed by atoms with Crippen molar-refractivity contribution in [1.82, 2.24) is 9.97 Å². The largest absolute Gasteiger partial charge is 0.497 e. The number of ether oxygens (including phenoxy) is 1. The molecule has 4 heteroatoms. The molecule has 0 saturated carbocycles. The van der Waals surface area contributed by atoms with E-state index in [4.69, 9.17) is 4.74 Å². The van der Waals surface area contributed by atoms with Gasteiger partial charge in [-0.2, -0.15) is 6.07 Å². The third-order valence-corrected chi connectivity index (χ3v) is 2.26. The maximum absolute atomic E-state index is 5.10. The van der Waals surface area contributed by atoms with Crippen LogP contribution in [0.15, 0.2) is 30.3 Å². The van der Waals surface area contributed by atoms with E-state index in [1.54, 1.807) is 7.11 Å². The molecule has 0 atom stereocenters. The van der Waals surface area contributed by atoms with E-state index in [9.17, 15) is 0 Å². The third-order valence-electron chi connectivity index (χ3n) is 2.26. The van der Waals surface area contributed by atoms with Gasteiger partial charge in [-0.05, 0) is 36.9 Å². The summed E-state index contributed by atoms with van der Waals surface area (Å²) in [6, 6.07) is 9.51. The van der Waals surface area contributed by atoms with Gasteiger partial charge < -0.3 is 4.74 Å². The van der Waals surface area contributed by atoms with Gasteiger partial charge in [0.25, 0.3) is 0 Å². The Bertz CT molecular complexity index is 477. The van der Waals surface area contributed by atoms with Crippen molar-refractivity contribution in [1.29, 1.82) is 0 Å². The Balaban J connectivity index is 0.00000144. The first-order valence-electron chi connectivity index (χ1n) is 5.01. The van der Waals surface area contributed by atoms with Crippen molar-refractivity contribution in [2.45, 2.75) is 6.92 Å². The van der Waals surface area contributed by atoms with Crippen LogP contribution in [0.5, 0.6) is 5.75 Å². The van der Waals surface area contributed by atoms with Gasteiger partial charge in [0.15, 0.2) is 5.82 Å². The minimum Gasteiger partial charge on any atom is -0.497 e. The molecule has 0 bridgehead atoms. The van der Waals surface area contributed by atoms with Crippen LogP contribution in [-0.4, -0.2) is 17.1 Å². The van der Waals surface area contributed by atoms with Gasteiger partial charge in [0.1, 0.15) is 5.75 Å². The zero-order chi connectivity index (χ0) is 11.5. The van der Waals surface area contributed by atoms with Gasteiger partial charge in [0.2, 0.25) is 0 Å². The Morgan fingerprint density at radius 2 is 1.76 bits per heavy atom. The number of aromatic nitrogens is 2. The topological polar surface area (TPSA) is 35.0 Å². The minimum absolute atomic E-state index is 0. The number of aryl methyl sites for hydroxylation is 1. The first-order valence-corrected chi connectivity index (χ1v) is 5.01. The quantitative estimate of drug-likeness (QED) is 0.800. The average Bonchev–Trinajstić information content (AvgIpc) is 2.28. The van der Waals surface area contributed by atoms with Gasteiger partial charge in [-0.3, -0.25) is 9.97 Å². The second-order valence-corrected chi connectivity index (χ2v) is 3.55. The molecule has 0 spiro atoms. The Labute approximate surface area is 127 Å². The van der Waals surface area contributed by atoms with E-state index in [0.29, 0.717) is 5.82 Å². The summed E-state index contributed by atoms with van der Waals surface area (Å²) in [5.74, 6) is 1.53. The molecule has 2 rings (SSSR count). The second-order valence-electron chi connectivity index (χ2n) is 3.55. The molecule has 0 fully saturated rings. The van der Waals surface area contributed by atoms with Crippen molar-refractivity contribution >= 4 is 0 Å². The summed E-state index contributed by atoms with van der Waals surface area (Å²) in [6.45, 7) is 5.76. The maximum Gasteiger partial charge on any atom is 0.155 e. The molecular formula is C13H13N2OY-. The van der Waals surface area contributed by atoms with E-state index >= 15 is 0 Å². The van der Waals surface area contributed by atoms with Gasteiger partial charge >= 0.3 is 0 Å². The summed E-state index contributed by atoms with van der Waals surface area (Å²) in [5.41, 5.74) is 2.62. The van der Waals surface area contributed by atoms with Crippen LogP contribution in [0.25, 0.3) is 11.4 Å². The third kappa shape index (κ3) is 3.52. The summed E-state index contributed by atoms with van der Waals surface area (Å²) in [6.07, 6.45) is 0. The molecular weight excluding hydrogens is 289 g/mol. The molecule has 85 valence electrons. The van der Waals surface area contributed by atoms with Crippen LogP contribution >= 0.6 is 0 Å². The second kappa shape index (κ2) is 6.13. The summed E-state index contributed by atoms with van der Waals surface area (Å²) in [4.78, 5) is 8.66. The number of nitrogens with zero attached hydrogens (tertiary/aromatic N) is 2. The molecule has 0 aliphatic rings. The predicted molar refractivity (Wildman–Crippen MR) is 63.2 cm³/mol. The van der Waals surface area contributed by atoms with Crippen LogP contribution in [-0.2, 0) is 32.7 Å². The van der Waals surface area contributed by atoms with Crippen molar-refractivity contribution < 1.29 is 37.4 Å². The Kier molecular flexibility index (Phi) is 5.10. The van der Waals surface area contributed by atoms with Crippen LogP contribution in [0, 0.1) is 13.8 Å². The monoisotopic (exact) mass is 302 g/mol. The molecule has 0 saturated heterocycles. The molecule has 1 radical (unpaired) electrons. The number of benzene rings is 1. The van der Waals surface area contributed by atoms with E-state index in [-0.39, 0.29) is 32.7 Å². The number of methoxy groups -OCH3 is 1. The SMILES string of the molecule is [CH2-]c1cc(C)nc(-c2ccc(OC)cc2)n1.[Y]. The van der Waals surface area contributed by atoms with Crippen molar-refractivity contribution in [3.63, 3.8) is 0 Å². The van der Waals surface area contributed by atoms with E-state index < -0.39 is 0 Å². The zero-order valence-electron chi connectivity index (χ0n) is 9.97. The van der Waals surface area contributed by atoms with E-state index in [0.717, 1.165) is 22.7 Å². The van der Waals surface area contributed by atoms with E-state index in [1.807, 2.05) is 37.3 Å². The normalized spacial score (nSPS) is 9.53. The van der Waals surface area contributed by atoms with Crippen LogP contribution in [0.2, 0.25) is 0 Å². The van der Waals surface area contributed by atoms with Crippen LogP contribution in [0.1, 0.15) is 11.4 Å². The Morgan fingerprint density at radius 3 is 2.29 bits per heavy atom. The van der Waals surface area contributed by atoms with Crippen LogP contribution < -0.4 is 4.74 Å². The standard InChI is InChI=1S/C13H13N2O.Y/c1-9-8-10(2)15-13(14-9)11-4-6-12(16-3)7-5-11;/h4-8H,1H2,2-3H3;/q-1;. The van der Waals surface area contributed by atoms with Crippen molar-refractivity contribution in [2.75, 3.05) is 7.11 Å². The molecule has 3 nitrogen and oxygen atoms in total. The molecule has 17 heavy (non-hydrogen) atoms. The van der Waals surface area contributed by atoms with Crippen LogP contribution in [0.3, 0.4) is 0 Å². The fourth-order valence-corrected chi connectivity index (χ4v) is 1.50. The Morgan fingerprint density at radius 1 is 1.12 bits per heavy atom. The van der Waals surface area contributed by atoms with E-state index in [1.165, 1.54) is 0 Å². The smallest absolute Gasteiger partial charge is 0.155 e. The van der Waals surface area contributed by atoms with Gasteiger partial charge in [0.05, 0.1) is 7.11 Å². The maximum atomic E-state index is 5.10. The number of hydrogen-bond donors (Lipinski definition) is 0. The van der Waals surface area contributed by atoms with Crippen molar-refractivity contribution in [3.05, 3.63) is 48.6 Å². The molecule has 0 amide bonds. The molecule has 1 heterocycles. The van der Waals surface area contributed by atoms with Gasteiger partial charge in [-0.15, -0.1) is 0 Å². The fourth-order valence-electron chi connectivity index (χ4n) is 1.50. The molecule has 0 N–H and O–H groups in total. The first-order chi connectivity index (χ1) is 7.69. The fraction of sp³-hybridized carbons (Fsp3) is 0.154. The number of rotatable bonds is 2. The first kappa shape index (κ1) is 14.1. The predicted octanol–water partition coefficient (Wildman–Crippen LogP) is 2.64. The minimum atomic E-state index is 0. The van der Waals surface area contributed by atoms with Gasteiger partial charge in [-0.25, -0.2) is 6.92 Å². The summed E-state index contributed by atoms with van der Waals surface area (Å²) < 4.78 is 5.10. The Hall–Kier alpha value is -0.926. The molecule has 0 unspecified atom stereocenters. The zero-order valence-corrected chi connectivity index (χ0v) is 12.8. The summed E-state index contributed by atoms with van der Waals surface area (Å²) in [5, 5.41) is 0. The summed E-state index contributed by atoms with van der Waals surface area (Å²) in [7, 11) is 1.65.